The van der Waals surface area contributed by atoms with Crippen LogP contribution in [-0.4, -0.2) is 33.3 Å². The molecule has 6 nitrogen and oxygen atoms in total. The quantitative estimate of drug-likeness (QED) is 0.845. The summed E-state index contributed by atoms with van der Waals surface area (Å²) in [6.45, 7) is 1.50. The molecule has 7 heteroatoms. The van der Waals surface area contributed by atoms with E-state index in [0.29, 0.717) is 4.88 Å². The molecule has 17 heavy (non-hydrogen) atoms. The van der Waals surface area contributed by atoms with Crippen LogP contribution >= 0.6 is 11.3 Å². The predicted octanol–water partition coefficient (Wildman–Crippen LogP) is 0.758. The van der Waals surface area contributed by atoms with E-state index in [1.165, 1.54) is 11.3 Å². The maximum absolute atomic E-state index is 11.6. The van der Waals surface area contributed by atoms with E-state index >= 15 is 0 Å². The van der Waals surface area contributed by atoms with Crippen LogP contribution in [0.3, 0.4) is 0 Å². The third-order valence-corrected chi connectivity index (χ3v) is 3.52. The zero-order chi connectivity index (χ0) is 12.6. The average Bonchev–Trinajstić information content (AvgIpc) is 2.79. The summed E-state index contributed by atoms with van der Waals surface area (Å²) < 4.78 is 1.71. The standard InChI is InChI=1S/C10H11N3O3S/c1-5-6-3-7(9(16)11-4-8(14)15)17-10(6)13(2)12-5/h3H,4H2,1-2H3,(H,11,16)(H,14,15). The molecule has 1 amide bonds. The first-order chi connectivity index (χ1) is 7.99. The molecule has 2 rings (SSSR count). The highest BCUT2D eigenvalue weighted by molar-refractivity contribution is 7.20. The summed E-state index contributed by atoms with van der Waals surface area (Å²) in [5, 5.41) is 16.0. The Bertz CT molecular complexity index is 565. The van der Waals surface area contributed by atoms with Gasteiger partial charge >= 0.3 is 5.97 Å². The van der Waals surface area contributed by atoms with Gasteiger partial charge in [-0.15, -0.1) is 11.3 Å². The van der Waals surface area contributed by atoms with Crippen molar-refractivity contribution in [2.75, 3.05) is 6.54 Å². The maximum Gasteiger partial charge on any atom is 0.322 e. The predicted molar refractivity (Wildman–Crippen MR) is 63.3 cm³/mol. The Kier molecular flexibility index (Phi) is 2.84. The molecule has 90 valence electrons. The molecule has 0 aliphatic heterocycles. The number of carbonyl (C=O) groups excluding carboxylic acids is 1. The summed E-state index contributed by atoms with van der Waals surface area (Å²) in [5.41, 5.74) is 0.857. The zero-order valence-corrected chi connectivity index (χ0v) is 10.2. The van der Waals surface area contributed by atoms with Crippen LogP contribution < -0.4 is 5.32 Å². The van der Waals surface area contributed by atoms with Gasteiger partial charge in [0, 0.05) is 12.4 Å². The van der Waals surface area contributed by atoms with Gasteiger partial charge in [-0.3, -0.25) is 14.3 Å². The molecule has 0 aliphatic rings. The number of carboxylic acids is 1. The fourth-order valence-electron chi connectivity index (χ4n) is 1.56. The first-order valence-electron chi connectivity index (χ1n) is 4.92. The minimum atomic E-state index is -1.06. The molecule has 0 radical (unpaired) electrons. The molecule has 0 aromatic carbocycles. The number of aryl methyl sites for hydroxylation is 2. The van der Waals surface area contributed by atoms with Crippen molar-refractivity contribution in [2.45, 2.75) is 6.92 Å². The van der Waals surface area contributed by atoms with Gasteiger partial charge in [-0.05, 0) is 13.0 Å². The number of amides is 1. The summed E-state index contributed by atoms with van der Waals surface area (Å²) >= 11 is 1.30. The van der Waals surface area contributed by atoms with Gasteiger partial charge in [-0.2, -0.15) is 5.10 Å². The summed E-state index contributed by atoms with van der Waals surface area (Å²) in [7, 11) is 1.81. The van der Waals surface area contributed by atoms with Gasteiger partial charge < -0.3 is 10.4 Å². The Morgan fingerprint density at radius 1 is 1.59 bits per heavy atom. The normalized spacial score (nSPS) is 10.7. The van der Waals surface area contributed by atoms with Crippen molar-refractivity contribution in [3.63, 3.8) is 0 Å². The summed E-state index contributed by atoms with van der Waals surface area (Å²) in [5.74, 6) is -1.43. The smallest absolute Gasteiger partial charge is 0.322 e. The second-order valence-electron chi connectivity index (χ2n) is 3.61. The largest absolute Gasteiger partial charge is 0.480 e. The number of nitrogens with zero attached hydrogens (tertiary/aromatic N) is 2. The second kappa shape index (κ2) is 4.17. The van der Waals surface area contributed by atoms with Crippen LogP contribution in [0.1, 0.15) is 15.4 Å². The van der Waals surface area contributed by atoms with E-state index < -0.39 is 5.97 Å². The Morgan fingerprint density at radius 2 is 2.29 bits per heavy atom. The maximum atomic E-state index is 11.6. The van der Waals surface area contributed by atoms with Crippen LogP contribution in [0.4, 0.5) is 0 Å². The van der Waals surface area contributed by atoms with Gasteiger partial charge in [0.25, 0.3) is 5.91 Å². The van der Waals surface area contributed by atoms with Crippen molar-refractivity contribution in [1.29, 1.82) is 0 Å². The lowest BCUT2D eigenvalue weighted by atomic mass is 10.3. The first kappa shape index (κ1) is 11.6. The lowest BCUT2D eigenvalue weighted by molar-refractivity contribution is -0.135. The molecule has 0 aliphatic carbocycles. The van der Waals surface area contributed by atoms with E-state index in [2.05, 4.69) is 10.4 Å². The van der Waals surface area contributed by atoms with Gasteiger partial charge in [0.05, 0.1) is 10.6 Å². The molecule has 0 saturated heterocycles. The van der Waals surface area contributed by atoms with Crippen molar-refractivity contribution < 1.29 is 14.7 Å². The zero-order valence-electron chi connectivity index (χ0n) is 9.35. The van der Waals surface area contributed by atoms with Crippen molar-refractivity contribution in [2.24, 2.45) is 7.05 Å². The van der Waals surface area contributed by atoms with E-state index in [9.17, 15) is 9.59 Å². The molecule has 0 fully saturated rings. The number of carbonyl (C=O) groups is 2. The number of aliphatic carboxylic acids is 1. The number of nitrogens with one attached hydrogen (secondary N) is 1. The van der Waals surface area contributed by atoms with E-state index in [0.717, 1.165) is 15.9 Å². The Morgan fingerprint density at radius 3 is 2.88 bits per heavy atom. The average molecular weight is 253 g/mol. The highest BCUT2D eigenvalue weighted by Gasteiger charge is 2.15. The molecule has 0 bridgehead atoms. The van der Waals surface area contributed by atoms with Gasteiger partial charge in [-0.25, -0.2) is 0 Å². The highest BCUT2D eigenvalue weighted by atomic mass is 32.1. The Hall–Kier alpha value is -1.89. The second-order valence-corrected chi connectivity index (χ2v) is 4.65. The summed E-state index contributed by atoms with van der Waals surface area (Å²) in [6.07, 6.45) is 0. The number of fused-ring (bicyclic) bond motifs is 1. The molecule has 0 unspecified atom stereocenters. The molecule has 0 saturated carbocycles. The molecule has 2 aromatic rings. The fraction of sp³-hybridized carbons (Fsp3) is 0.300. The summed E-state index contributed by atoms with van der Waals surface area (Å²) in [6, 6.07) is 1.74. The molecule has 2 N–H and O–H groups in total. The number of hydrogen-bond donors (Lipinski definition) is 2. The van der Waals surface area contributed by atoms with Crippen LogP contribution in [0.15, 0.2) is 6.07 Å². The monoisotopic (exact) mass is 253 g/mol. The van der Waals surface area contributed by atoms with Gasteiger partial charge in [0.15, 0.2) is 0 Å². The van der Waals surface area contributed by atoms with E-state index in [4.69, 9.17) is 5.11 Å². The molecule has 2 heterocycles. The number of carboxylic acid groups (broad SMARTS) is 1. The van der Waals surface area contributed by atoms with Crippen molar-refractivity contribution >= 4 is 33.4 Å². The van der Waals surface area contributed by atoms with E-state index in [-0.39, 0.29) is 12.5 Å². The molecule has 0 spiro atoms. The third kappa shape index (κ3) is 2.14. The van der Waals surface area contributed by atoms with Crippen LogP contribution in [-0.2, 0) is 11.8 Å². The highest BCUT2D eigenvalue weighted by Crippen LogP contribution is 2.27. The number of thiophene rings is 1. The lowest BCUT2D eigenvalue weighted by Gasteiger charge is -1.98. The van der Waals surface area contributed by atoms with E-state index in [1.54, 1.807) is 10.7 Å². The van der Waals surface area contributed by atoms with Gasteiger partial charge in [0.1, 0.15) is 11.4 Å². The lowest BCUT2D eigenvalue weighted by Crippen LogP contribution is -2.28. The number of hydrogen-bond acceptors (Lipinski definition) is 4. The first-order valence-corrected chi connectivity index (χ1v) is 5.74. The van der Waals surface area contributed by atoms with Gasteiger partial charge in [-0.1, -0.05) is 0 Å². The molecular formula is C10H11N3O3S. The van der Waals surface area contributed by atoms with Crippen LogP contribution in [0.2, 0.25) is 0 Å². The van der Waals surface area contributed by atoms with Crippen LogP contribution in [0.25, 0.3) is 10.2 Å². The topological polar surface area (TPSA) is 84.2 Å². The third-order valence-electron chi connectivity index (χ3n) is 2.32. The fourth-order valence-corrected chi connectivity index (χ4v) is 2.60. The Labute approximate surface area is 101 Å². The number of rotatable bonds is 3. The Balaban J connectivity index is 2.27. The van der Waals surface area contributed by atoms with E-state index in [1.807, 2.05) is 14.0 Å². The van der Waals surface area contributed by atoms with Crippen molar-refractivity contribution in [3.05, 3.63) is 16.6 Å². The number of aromatic nitrogens is 2. The van der Waals surface area contributed by atoms with Crippen molar-refractivity contribution in [1.82, 2.24) is 15.1 Å². The SMILES string of the molecule is Cc1nn(C)c2sc(C(=O)NCC(=O)O)cc12. The molecule has 0 atom stereocenters. The molecule has 2 aromatic heterocycles. The minimum absolute atomic E-state index is 0.368. The summed E-state index contributed by atoms with van der Waals surface area (Å²) in [4.78, 5) is 23.4. The minimum Gasteiger partial charge on any atom is -0.480 e. The van der Waals surface area contributed by atoms with Crippen LogP contribution in [0.5, 0.6) is 0 Å². The van der Waals surface area contributed by atoms with Gasteiger partial charge in [0.2, 0.25) is 0 Å². The van der Waals surface area contributed by atoms with Crippen molar-refractivity contribution in [3.8, 4) is 0 Å². The van der Waals surface area contributed by atoms with Crippen LogP contribution in [0, 0.1) is 6.92 Å². The molecular weight excluding hydrogens is 242 g/mol.